The molecule has 0 saturated carbocycles. The Labute approximate surface area is 171 Å². The molecule has 0 saturated heterocycles. The average Bonchev–Trinajstić information content (AvgIpc) is 3.34. The Hall–Kier alpha value is -2.89. The number of nitrogens with one attached hydrogen (secondary N) is 2. The highest BCUT2D eigenvalue weighted by Crippen LogP contribution is 2.27. The Bertz CT molecular complexity index is 1100. The van der Waals surface area contributed by atoms with E-state index >= 15 is 0 Å². The quantitative estimate of drug-likeness (QED) is 0.357. The van der Waals surface area contributed by atoms with Crippen molar-refractivity contribution >= 4 is 67.3 Å². The van der Waals surface area contributed by atoms with Gasteiger partial charge in [-0.2, -0.15) is 0 Å². The van der Waals surface area contributed by atoms with Crippen molar-refractivity contribution in [2.24, 2.45) is 0 Å². The first-order valence-electron chi connectivity index (χ1n) is 8.00. The number of anilines is 2. The van der Waals surface area contributed by atoms with E-state index in [9.17, 15) is 9.59 Å². The molecule has 8 nitrogen and oxygen atoms in total. The van der Waals surface area contributed by atoms with Gasteiger partial charge in [-0.3, -0.25) is 19.9 Å². The van der Waals surface area contributed by atoms with Crippen LogP contribution in [-0.4, -0.2) is 37.7 Å². The van der Waals surface area contributed by atoms with Crippen LogP contribution in [0.1, 0.15) is 9.80 Å². The zero-order valence-corrected chi connectivity index (χ0v) is 16.6. The van der Waals surface area contributed by atoms with Crippen molar-refractivity contribution in [1.82, 2.24) is 20.2 Å². The van der Waals surface area contributed by atoms with E-state index in [1.807, 2.05) is 24.3 Å². The first-order chi connectivity index (χ1) is 13.7. The van der Waals surface area contributed by atoms with Gasteiger partial charge in [-0.15, -0.1) is 21.5 Å². The molecular formula is C17H12N6O2S3. The number of nitrogens with zero attached hydrogens (tertiary/aromatic N) is 4. The highest BCUT2D eigenvalue weighted by atomic mass is 32.2. The molecule has 4 aromatic rings. The molecule has 4 rings (SSSR count). The number of rotatable bonds is 6. The smallest absolute Gasteiger partial charge is 0.286 e. The van der Waals surface area contributed by atoms with Crippen molar-refractivity contribution in [1.29, 1.82) is 0 Å². The number of carbonyl (C=O) groups excluding carboxylic acids is 2. The molecule has 0 aliphatic carbocycles. The molecule has 3 heterocycles. The van der Waals surface area contributed by atoms with E-state index < -0.39 is 0 Å². The third kappa shape index (κ3) is 4.50. The summed E-state index contributed by atoms with van der Waals surface area (Å²) < 4.78 is 1.53. The number of thiazole rings is 1. The summed E-state index contributed by atoms with van der Waals surface area (Å²) in [6, 6.07) is 11.1. The zero-order valence-electron chi connectivity index (χ0n) is 14.2. The van der Waals surface area contributed by atoms with Gasteiger partial charge in [0.1, 0.15) is 0 Å². The van der Waals surface area contributed by atoms with E-state index in [0.717, 1.165) is 10.2 Å². The van der Waals surface area contributed by atoms with Crippen LogP contribution in [-0.2, 0) is 4.79 Å². The van der Waals surface area contributed by atoms with Gasteiger partial charge in [0.2, 0.25) is 11.0 Å². The minimum Gasteiger partial charge on any atom is -0.324 e. The summed E-state index contributed by atoms with van der Waals surface area (Å²) >= 11 is 3.76. The van der Waals surface area contributed by atoms with Crippen molar-refractivity contribution in [2.45, 2.75) is 4.34 Å². The first-order valence-corrected chi connectivity index (χ1v) is 10.6. The van der Waals surface area contributed by atoms with Gasteiger partial charge >= 0.3 is 0 Å². The minimum atomic E-state index is -0.330. The molecule has 0 aliphatic rings. The Balaban J connectivity index is 1.32. The number of fused-ring (bicyclic) bond motifs is 1. The summed E-state index contributed by atoms with van der Waals surface area (Å²) in [5.74, 6) is -0.327. The summed E-state index contributed by atoms with van der Waals surface area (Å²) in [5.41, 5.74) is 1.42. The molecule has 0 spiro atoms. The number of para-hydroxylation sites is 1. The third-order valence-corrected chi connectivity index (χ3v) is 6.39. The molecular weight excluding hydrogens is 416 g/mol. The molecule has 11 heteroatoms. The second-order valence-corrected chi connectivity index (χ2v) is 8.62. The van der Waals surface area contributed by atoms with Gasteiger partial charge in [0.25, 0.3) is 5.91 Å². The molecule has 2 amide bonds. The van der Waals surface area contributed by atoms with Crippen molar-refractivity contribution < 1.29 is 9.59 Å². The lowest BCUT2D eigenvalue weighted by molar-refractivity contribution is -0.113. The molecule has 2 N–H and O–H groups in total. The molecule has 1 aromatic carbocycles. The standard InChI is InChI=1S/C17H12N6O2S3/c24-13(19-10-4-3-7-18-8-10)9-26-17-23-22-16(28-17)21-14(25)15-20-11-5-1-2-6-12(11)27-15/h1-8H,9H2,(H,19,24)(H,21,22,25). The third-order valence-electron chi connectivity index (χ3n) is 3.39. The monoisotopic (exact) mass is 428 g/mol. The van der Waals surface area contributed by atoms with Crippen molar-refractivity contribution in [3.8, 4) is 0 Å². The van der Waals surface area contributed by atoms with E-state index in [-0.39, 0.29) is 17.6 Å². The Morgan fingerprint density at radius 1 is 1.04 bits per heavy atom. The summed E-state index contributed by atoms with van der Waals surface area (Å²) in [7, 11) is 0. The second-order valence-electron chi connectivity index (χ2n) is 5.39. The number of hydrogen-bond acceptors (Lipinski definition) is 9. The normalized spacial score (nSPS) is 10.7. The molecule has 140 valence electrons. The Morgan fingerprint density at radius 3 is 2.75 bits per heavy atom. The topological polar surface area (TPSA) is 110 Å². The number of amides is 2. The lowest BCUT2D eigenvalue weighted by Gasteiger charge is -2.02. The molecule has 0 unspecified atom stereocenters. The number of benzene rings is 1. The van der Waals surface area contributed by atoms with Crippen LogP contribution in [0.25, 0.3) is 10.2 Å². The lowest BCUT2D eigenvalue weighted by Crippen LogP contribution is -2.13. The summed E-state index contributed by atoms with van der Waals surface area (Å²) in [6.07, 6.45) is 3.21. The van der Waals surface area contributed by atoms with E-state index in [4.69, 9.17) is 0 Å². The average molecular weight is 429 g/mol. The maximum absolute atomic E-state index is 12.4. The summed E-state index contributed by atoms with van der Waals surface area (Å²) in [5, 5.41) is 14.1. The minimum absolute atomic E-state index is 0.173. The first kappa shape index (κ1) is 18.5. The molecule has 0 aliphatic heterocycles. The number of hydrogen-bond donors (Lipinski definition) is 2. The van der Waals surface area contributed by atoms with Crippen LogP contribution in [0, 0.1) is 0 Å². The van der Waals surface area contributed by atoms with Gasteiger partial charge in [-0.05, 0) is 24.3 Å². The fourth-order valence-corrected chi connectivity index (χ4v) is 4.61. The van der Waals surface area contributed by atoms with Crippen LogP contribution >= 0.6 is 34.4 Å². The fourth-order valence-electron chi connectivity index (χ4n) is 2.20. The molecule has 0 radical (unpaired) electrons. The highest BCUT2D eigenvalue weighted by molar-refractivity contribution is 8.01. The largest absolute Gasteiger partial charge is 0.324 e. The van der Waals surface area contributed by atoms with Crippen molar-refractivity contribution in [3.05, 3.63) is 53.8 Å². The van der Waals surface area contributed by atoms with Gasteiger partial charge in [-0.1, -0.05) is 35.2 Å². The van der Waals surface area contributed by atoms with E-state index in [1.165, 1.54) is 34.4 Å². The van der Waals surface area contributed by atoms with Crippen LogP contribution in [0.4, 0.5) is 10.8 Å². The number of thioether (sulfide) groups is 1. The molecule has 0 atom stereocenters. The summed E-state index contributed by atoms with van der Waals surface area (Å²) in [4.78, 5) is 32.6. The highest BCUT2D eigenvalue weighted by Gasteiger charge is 2.15. The number of pyridine rings is 1. The fraction of sp³-hybridized carbons (Fsp3) is 0.0588. The van der Waals surface area contributed by atoms with Gasteiger partial charge in [0.15, 0.2) is 9.35 Å². The van der Waals surface area contributed by atoms with Gasteiger partial charge < -0.3 is 5.32 Å². The van der Waals surface area contributed by atoms with Gasteiger partial charge in [0.05, 0.1) is 27.9 Å². The number of aromatic nitrogens is 4. The van der Waals surface area contributed by atoms with Gasteiger partial charge in [0, 0.05) is 6.20 Å². The van der Waals surface area contributed by atoms with Crippen LogP contribution in [0.5, 0.6) is 0 Å². The SMILES string of the molecule is O=C(CSc1nnc(NC(=O)c2nc3ccccc3s2)s1)Nc1cccnc1. The molecule has 28 heavy (non-hydrogen) atoms. The maximum atomic E-state index is 12.4. The van der Waals surface area contributed by atoms with Crippen LogP contribution in [0.2, 0.25) is 0 Å². The Morgan fingerprint density at radius 2 is 1.93 bits per heavy atom. The van der Waals surface area contributed by atoms with Crippen molar-refractivity contribution in [3.63, 3.8) is 0 Å². The van der Waals surface area contributed by atoms with Crippen LogP contribution in [0.3, 0.4) is 0 Å². The van der Waals surface area contributed by atoms with Crippen LogP contribution < -0.4 is 10.6 Å². The zero-order chi connectivity index (χ0) is 19.3. The van der Waals surface area contributed by atoms with E-state index in [2.05, 4.69) is 30.8 Å². The summed E-state index contributed by atoms with van der Waals surface area (Å²) in [6.45, 7) is 0. The van der Waals surface area contributed by atoms with E-state index in [1.54, 1.807) is 24.5 Å². The van der Waals surface area contributed by atoms with Gasteiger partial charge in [-0.25, -0.2) is 4.98 Å². The maximum Gasteiger partial charge on any atom is 0.286 e. The lowest BCUT2D eigenvalue weighted by atomic mass is 10.3. The number of carbonyl (C=O) groups is 2. The predicted octanol–water partition coefficient (Wildman–Crippen LogP) is 3.53. The molecule has 0 bridgehead atoms. The Kier molecular flexibility index (Phi) is 5.55. The second kappa shape index (κ2) is 8.42. The van der Waals surface area contributed by atoms with E-state index in [0.29, 0.717) is 20.2 Å². The molecule has 0 fully saturated rings. The van der Waals surface area contributed by atoms with Crippen molar-refractivity contribution in [2.75, 3.05) is 16.4 Å². The predicted molar refractivity (Wildman–Crippen MR) is 111 cm³/mol. The van der Waals surface area contributed by atoms with Crippen LogP contribution in [0.15, 0.2) is 53.1 Å². The molecule has 3 aromatic heterocycles.